The van der Waals surface area contributed by atoms with Gasteiger partial charge in [-0.1, -0.05) is 18.2 Å². The van der Waals surface area contributed by atoms with E-state index in [1.165, 1.54) is 11.4 Å². The molecule has 0 saturated heterocycles. The molecule has 3 aromatic rings. The molecule has 1 aliphatic rings. The molecule has 0 radical (unpaired) electrons. The quantitative estimate of drug-likeness (QED) is 0.535. The third-order valence-corrected chi connectivity index (χ3v) is 8.45. The number of aryl methyl sites for hydroxylation is 2. The lowest BCUT2D eigenvalue weighted by molar-refractivity contribution is -0.133. The molecule has 0 fully saturated rings. The van der Waals surface area contributed by atoms with E-state index in [1.807, 2.05) is 13.0 Å². The smallest absolute Gasteiger partial charge is 0.314 e. The summed E-state index contributed by atoms with van der Waals surface area (Å²) in [5.41, 5.74) is 2.99. The summed E-state index contributed by atoms with van der Waals surface area (Å²) >= 11 is 1.16. The monoisotopic (exact) mass is 485 g/mol. The summed E-state index contributed by atoms with van der Waals surface area (Å²) < 4.78 is 33.1. The number of nitrogens with zero attached hydrogens (tertiary/aromatic N) is 1. The molecule has 172 valence electrons. The van der Waals surface area contributed by atoms with E-state index >= 15 is 0 Å². The van der Waals surface area contributed by atoms with Gasteiger partial charge in [-0.15, -0.1) is 11.3 Å². The van der Waals surface area contributed by atoms with Gasteiger partial charge in [-0.2, -0.15) is 0 Å². The SMILES string of the molecule is COc1ccc(C)cc1NC(=O)C(=O)Nc1ccc2c(c1)N(S(=O)(=O)c1cccs1)CCC2. The van der Waals surface area contributed by atoms with Crippen LogP contribution in [0.3, 0.4) is 0 Å². The summed E-state index contributed by atoms with van der Waals surface area (Å²) in [6.07, 6.45) is 1.43. The first-order valence-electron chi connectivity index (χ1n) is 10.3. The maximum absolute atomic E-state index is 13.1. The number of hydrogen-bond acceptors (Lipinski definition) is 6. The number of carbonyl (C=O) groups is 2. The van der Waals surface area contributed by atoms with Gasteiger partial charge >= 0.3 is 11.8 Å². The van der Waals surface area contributed by atoms with Crippen molar-refractivity contribution < 1.29 is 22.7 Å². The van der Waals surface area contributed by atoms with E-state index in [-0.39, 0.29) is 4.21 Å². The molecule has 0 bridgehead atoms. The van der Waals surface area contributed by atoms with E-state index in [2.05, 4.69) is 10.6 Å². The molecule has 4 rings (SSSR count). The number of carbonyl (C=O) groups excluding carboxylic acids is 2. The highest BCUT2D eigenvalue weighted by Crippen LogP contribution is 2.35. The maximum Gasteiger partial charge on any atom is 0.314 e. The average Bonchev–Trinajstić information content (AvgIpc) is 3.35. The van der Waals surface area contributed by atoms with Gasteiger partial charge in [0.25, 0.3) is 10.0 Å². The molecule has 0 saturated carbocycles. The zero-order valence-electron chi connectivity index (χ0n) is 18.1. The van der Waals surface area contributed by atoms with E-state index in [0.717, 1.165) is 28.9 Å². The Kier molecular flexibility index (Phi) is 6.39. The summed E-state index contributed by atoms with van der Waals surface area (Å²) in [6, 6.07) is 13.5. The second-order valence-electron chi connectivity index (χ2n) is 7.57. The van der Waals surface area contributed by atoms with Gasteiger partial charge in [-0.25, -0.2) is 8.42 Å². The van der Waals surface area contributed by atoms with E-state index in [0.29, 0.717) is 35.8 Å². The van der Waals surface area contributed by atoms with Crippen LogP contribution in [0.4, 0.5) is 17.1 Å². The number of amides is 2. The molecule has 1 aromatic heterocycles. The van der Waals surface area contributed by atoms with Crippen molar-refractivity contribution in [1.29, 1.82) is 0 Å². The van der Waals surface area contributed by atoms with E-state index in [9.17, 15) is 18.0 Å². The number of sulfonamides is 1. The standard InChI is InChI=1S/C23H23N3O5S2/c1-15-7-10-20(31-2)18(13-15)25-23(28)22(27)24-17-9-8-16-5-3-11-26(19(16)14-17)33(29,30)21-6-4-12-32-21/h4,6-10,12-14H,3,5,11H2,1-2H3,(H,24,27)(H,25,28). The van der Waals surface area contributed by atoms with Crippen LogP contribution in [0.2, 0.25) is 0 Å². The number of anilines is 3. The van der Waals surface area contributed by atoms with Crippen LogP contribution in [-0.4, -0.2) is 33.9 Å². The second kappa shape index (κ2) is 9.24. The second-order valence-corrected chi connectivity index (χ2v) is 10.6. The maximum atomic E-state index is 13.1. The normalized spacial score (nSPS) is 13.2. The number of benzene rings is 2. The van der Waals surface area contributed by atoms with Crippen molar-refractivity contribution in [2.24, 2.45) is 0 Å². The van der Waals surface area contributed by atoms with Gasteiger partial charge in [-0.05, 0) is 66.6 Å². The third kappa shape index (κ3) is 4.71. The highest BCUT2D eigenvalue weighted by molar-refractivity contribution is 7.94. The minimum Gasteiger partial charge on any atom is -0.495 e. The zero-order valence-corrected chi connectivity index (χ0v) is 19.8. The van der Waals surface area contributed by atoms with E-state index in [4.69, 9.17) is 4.74 Å². The predicted molar refractivity (Wildman–Crippen MR) is 129 cm³/mol. The van der Waals surface area contributed by atoms with Crippen LogP contribution < -0.4 is 19.7 Å². The Morgan fingerprint density at radius 1 is 1.06 bits per heavy atom. The minimum atomic E-state index is -3.70. The highest BCUT2D eigenvalue weighted by Gasteiger charge is 2.30. The van der Waals surface area contributed by atoms with Crippen molar-refractivity contribution in [1.82, 2.24) is 0 Å². The molecule has 0 unspecified atom stereocenters. The number of hydrogen-bond donors (Lipinski definition) is 2. The topological polar surface area (TPSA) is 105 Å². The molecule has 0 atom stereocenters. The molecule has 0 aliphatic carbocycles. The molecule has 33 heavy (non-hydrogen) atoms. The first kappa shape index (κ1) is 22.8. The summed E-state index contributed by atoms with van der Waals surface area (Å²) in [4.78, 5) is 25.0. The minimum absolute atomic E-state index is 0.260. The van der Waals surface area contributed by atoms with Crippen LogP contribution in [0, 0.1) is 6.92 Å². The Morgan fingerprint density at radius 2 is 1.85 bits per heavy atom. The number of ether oxygens (including phenoxy) is 1. The van der Waals surface area contributed by atoms with Gasteiger partial charge in [0.15, 0.2) is 0 Å². The summed E-state index contributed by atoms with van der Waals surface area (Å²) in [5, 5.41) is 6.83. The Hall–Kier alpha value is -3.37. The van der Waals surface area contributed by atoms with Gasteiger partial charge in [0.1, 0.15) is 9.96 Å². The van der Waals surface area contributed by atoms with Crippen LogP contribution in [0.5, 0.6) is 5.75 Å². The molecule has 2 N–H and O–H groups in total. The number of nitrogens with one attached hydrogen (secondary N) is 2. The molecule has 10 heteroatoms. The number of rotatable bonds is 5. The van der Waals surface area contributed by atoms with Gasteiger partial charge < -0.3 is 15.4 Å². The van der Waals surface area contributed by atoms with Gasteiger partial charge in [0, 0.05) is 12.2 Å². The van der Waals surface area contributed by atoms with Gasteiger partial charge in [0.05, 0.1) is 18.5 Å². The molecular weight excluding hydrogens is 462 g/mol. The summed E-state index contributed by atoms with van der Waals surface area (Å²) in [6.45, 7) is 2.20. The average molecular weight is 486 g/mol. The van der Waals surface area contributed by atoms with Gasteiger partial charge in [0.2, 0.25) is 0 Å². The molecule has 0 spiro atoms. The summed E-state index contributed by atoms with van der Waals surface area (Å²) in [5.74, 6) is -1.30. The van der Waals surface area contributed by atoms with Crippen molar-refractivity contribution in [3.05, 3.63) is 65.0 Å². The van der Waals surface area contributed by atoms with E-state index < -0.39 is 21.8 Å². The Balaban J connectivity index is 1.55. The van der Waals surface area contributed by atoms with Crippen LogP contribution in [0.1, 0.15) is 17.5 Å². The van der Waals surface area contributed by atoms with Crippen molar-refractivity contribution in [3.63, 3.8) is 0 Å². The molecular formula is C23H23N3O5S2. The lowest BCUT2D eigenvalue weighted by Crippen LogP contribution is -2.35. The predicted octanol–water partition coefficient (Wildman–Crippen LogP) is 3.78. The van der Waals surface area contributed by atoms with Gasteiger partial charge in [-0.3, -0.25) is 13.9 Å². The first-order chi connectivity index (χ1) is 15.8. The fraction of sp³-hybridized carbons (Fsp3) is 0.217. The van der Waals surface area contributed by atoms with Crippen molar-refractivity contribution in [3.8, 4) is 5.75 Å². The molecule has 8 nitrogen and oxygen atoms in total. The Labute approximate surface area is 196 Å². The highest BCUT2D eigenvalue weighted by atomic mass is 32.2. The fourth-order valence-corrected chi connectivity index (χ4v) is 6.31. The largest absolute Gasteiger partial charge is 0.495 e. The van der Waals surface area contributed by atoms with Crippen LogP contribution in [0.15, 0.2) is 58.1 Å². The lowest BCUT2D eigenvalue weighted by atomic mass is 10.0. The van der Waals surface area contributed by atoms with Crippen molar-refractivity contribution in [2.45, 2.75) is 24.0 Å². The lowest BCUT2D eigenvalue weighted by Gasteiger charge is -2.30. The van der Waals surface area contributed by atoms with Crippen LogP contribution >= 0.6 is 11.3 Å². The first-order valence-corrected chi connectivity index (χ1v) is 12.6. The molecule has 2 amide bonds. The Bertz CT molecular complexity index is 1300. The van der Waals surface area contributed by atoms with Crippen molar-refractivity contribution in [2.75, 3.05) is 28.6 Å². The molecule has 2 aromatic carbocycles. The molecule has 2 heterocycles. The number of thiophene rings is 1. The van der Waals surface area contributed by atoms with Crippen molar-refractivity contribution >= 4 is 50.2 Å². The zero-order chi connectivity index (χ0) is 23.6. The number of methoxy groups -OCH3 is 1. The Morgan fingerprint density at radius 3 is 2.58 bits per heavy atom. The van der Waals surface area contributed by atoms with Crippen LogP contribution in [0.25, 0.3) is 0 Å². The number of fused-ring (bicyclic) bond motifs is 1. The molecule has 1 aliphatic heterocycles. The third-order valence-electron chi connectivity index (χ3n) is 5.27. The fourth-order valence-electron chi connectivity index (χ4n) is 3.67. The van der Waals surface area contributed by atoms with Crippen LogP contribution in [-0.2, 0) is 26.0 Å². The summed E-state index contributed by atoms with van der Waals surface area (Å²) in [7, 11) is -2.22. The van der Waals surface area contributed by atoms with E-state index in [1.54, 1.807) is 47.8 Å².